The molecule has 0 spiro atoms. The van der Waals surface area contributed by atoms with Gasteiger partial charge in [-0.1, -0.05) is 11.8 Å². The molecule has 2 heterocycles. The number of thioether (sulfide) groups is 1. The van der Waals surface area contributed by atoms with Crippen molar-refractivity contribution in [1.82, 2.24) is 10.2 Å². The van der Waals surface area contributed by atoms with E-state index in [2.05, 4.69) is 10.2 Å². The van der Waals surface area contributed by atoms with Crippen molar-refractivity contribution in [3.63, 3.8) is 0 Å². The smallest absolute Gasteiger partial charge is 0.277 e. The first-order valence-electron chi connectivity index (χ1n) is 9.61. The molecular weight excluding hydrogens is 348 g/mol. The van der Waals surface area contributed by atoms with Crippen molar-refractivity contribution >= 4 is 17.5 Å². The third-order valence-electron chi connectivity index (χ3n) is 6.70. The Morgan fingerprint density at radius 3 is 2.42 bits per heavy atom. The molecule has 138 valence electrons. The second-order valence-corrected chi connectivity index (χ2v) is 9.88. The maximum atomic E-state index is 13.4. The fourth-order valence-electron chi connectivity index (χ4n) is 6.02. The van der Waals surface area contributed by atoms with Crippen molar-refractivity contribution in [3.8, 4) is 11.5 Å². The van der Waals surface area contributed by atoms with Crippen LogP contribution in [0.2, 0.25) is 0 Å². The van der Waals surface area contributed by atoms with Gasteiger partial charge in [-0.2, -0.15) is 0 Å². The van der Waals surface area contributed by atoms with Crippen LogP contribution in [0.5, 0.6) is 0 Å². The Morgan fingerprint density at radius 2 is 1.85 bits per heavy atom. The molecule has 2 aromatic rings. The van der Waals surface area contributed by atoms with Gasteiger partial charge in [-0.3, -0.25) is 4.79 Å². The van der Waals surface area contributed by atoms with Gasteiger partial charge in [0.15, 0.2) is 5.78 Å². The van der Waals surface area contributed by atoms with Crippen molar-refractivity contribution in [1.29, 1.82) is 0 Å². The normalized spacial score (nSPS) is 33.5. The summed E-state index contributed by atoms with van der Waals surface area (Å²) in [7, 11) is 0. The topological polar surface area (TPSA) is 69.1 Å². The summed E-state index contributed by atoms with van der Waals surface area (Å²) >= 11 is 1.40. The molecule has 0 aliphatic heterocycles. The number of rotatable bonds is 5. The van der Waals surface area contributed by atoms with Crippen LogP contribution in [0.4, 0.5) is 0 Å². The average molecular weight is 372 g/mol. The minimum Gasteiger partial charge on any atom is -0.469 e. The zero-order valence-corrected chi connectivity index (χ0v) is 16.1. The van der Waals surface area contributed by atoms with Gasteiger partial charge in [-0.15, -0.1) is 10.2 Å². The van der Waals surface area contributed by atoms with Gasteiger partial charge in [-0.05, 0) is 76.2 Å². The number of furan rings is 1. The van der Waals surface area contributed by atoms with Crippen LogP contribution >= 0.6 is 11.8 Å². The number of Topliss-reactive ketones (excluding diaryl/α,β-unsaturated/α-hetero) is 1. The van der Waals surface area contributed by atoms with Gasteiger partial charge in [-0.25, -0.2) is 0 Å². The predicted molar refractivity (Wildman–Crippen MR) is 97.7 cm³/mol. The first-order chi connectivity index (χ1) is 12.5. The van der Waals surface area contributed by atoms with E-state index in [1.807, 2.05) is 19.9 Å². The minimum atomic E-state index is -0.148. The Morgan fingerprint density at radius 1 is 1.19 bits per heavy atom. The van der Waals surface area contributed by atoms with Gasteiger partial charge < -0.3 is 8.83 Å². The number of ketones is 1. The fraction of sp³-hybridized carbons (Fsp3) is 0.650. The van der Waals surface area contributed by atoms with Gasteiger partial charge in [0.1, 0.15) is 5.76 Å². The van der Waals surface area contributed by atoms with Crippen LogP contribution < -0.4 is 0 Å². The number of aromatic nitrogens is 2. The van der Waals surface area contributed by atoms with E-state index in [9.17, 15) is 4.79 Å². The molecule has 4 bridgehead atoms. The van der Waals surface area contributed by atoms with Crippen molar-refractivity contribution in [2.24, 2.45) is 23.2 Å². The monoisotopic (exact) mass is 372 g/mol. The highest BCUT2D eigenvalue weighted by atomic mass is 32.2. The van der Waals surface area contributed by atoms with E-state index in [1.165, 1.54) is 31.0 Å². The molecule has 6 rings (SSSR count). The number of aryl methyl sites for hydroxylation is 1. The molecule has 4 saturated carbocycles. The fourth-order valence-corrected chi connectivity index (χ4v) is 6.90. The van der Waals surface area contributed by atoms with E-state index in [4.69, 9.17) is 8.83 Å². The summed E-state index contributed by atoms with van der Waals surface area (Å²) in [5.74, 6) is 3.95. The van der Waals surface area contributed by atoms with E-state index in [1.54, 1.807) is 6.26 Å². The second kappa shape index (κ2) is 5.98. The number of nitrogens with zero attached hydrogens (tertiary/aromatic N) is 2. The molecule has 0 N–H and O–H groups in total. The Labute approximate surface area is 157 Å². The van der Waals surface area contributed by atoms with Crippen LogP contribution in [0.1, 0.15) is 51.2 Å². The summed E-state index contributed by atoms with van der Waals surface area (Å²) in [5.41, 5.74) is 0.731. The third-order valence-corrected chi connectivity index (χ3v) is 7.64. The minimum absolute atomic E-state index is 0.0782. The Balaban J connectivity index is 1.32. The number of carbonyl (C=O) groups is 1. The molecule has 4 aliphatic carbocycles. The zero-order chi connectivity index (χ0) is 17.9. The molecule has 4 fully saturated rings. The quantitative estimate of drug-likeness (QED) is 0.695. The van der Waals surface area contributed by atoms with Gasteiger partial charge >= 0.3 is 0 Å². The standard InChI is InChI=1S/C20H24N2O3S/c1-11-16(3-4-24-11)18-21-22-19(25-18)26-12(2)17(23)20-8-13-5-14(9-20)7-15(6-13)10-20/h3-4,12-15H,5-10H2,1-2H3. The van der Waals surface area contributed by atoms with E-state index in [0.29, 0.717) is 16.9 Å². The predicted octanol–water partition coefficient (Wildman–Crippen LogP) is 4.90. The maximum absolute atomic E-state index is 13.4. The lowest BCUT2D eigenvalue weighted by molar-refractivity contribution is -0.143. The van der Waals surface area contributed by atoms with Crippen molar-refractivity contribution < 1.29 is 13.6 Å². The van der Waals surface area contributed by atoms with Gasteiger partial charge in [0.25, 0.3) is 11.1 Å². The van der Waals surface area contributed by atoms with Crippen LogP contribution in [0.15, 0.2) is 26.4 Å². The van der Waals surface area contributed by atoms with Gasteiger partial charge in [0, 0.05) is 5.41 Å². The molecule has 0 saturated heterocycles. The summed E-state index contributed by atoms with van der Waals surface area (Å²) in [6.07, 6.45) is 8.98. The number of hydrogen-bond donors (Lipinski definition) is 0. The van der Waals surface area contributed by atoms with E-state index < -0.39 is 0 Å². The number of hydrogen-bond acceptors (Lipinski definition) is 6. The molecule has 0 amide bonds. The molecule has 5 nitrogen and oxygen atoms in total. The van der Waals surface area contributed by atoms with Crippen molar-refractivity contribution in [3.05, 3.63) is 18.1 Å². The van der Waals surface area contributed by atoms with Crippen LogP contribution in [-0.4, -0.2) is 21.2 Å². The van der Waals surface area contributed by atoms with Crippen molar-refractivity contribution in [2.45, 2.75) is 62.8 Å². The Kier molecular flexibility index (Phi) is 3.82. The summed E-state index contributed by atoms with van der Waals surface area (Å²) < 4.78 is 11.1. The molecular formula is C20H24N2O3S. The molecule has 0 aromatic carbocycles. The first-order valence-corrected chi connectivity index (χ1v) is 10.5. The maximum Gasteiger partial charge on any atom is 0.277 e. The molecule has 0 radical (unpaired) electrons. The summed E-state index contributed by atoms with van der Waals surface area (Å²) in [6, 6.07) is 1.82. The third kappa shape index (κ3) is 2.65. The molecule has 6 heteroatoms. The summed E-state index contributed by atoms with van der Waals surface area (Å²) in [6.45, 7) is 3.87. The molecule has 2 aromatic heterocycles. The van der Waals surface area contributed by atoms with Crippen LogP contribution in [0.3, 0.4) is 0 Å². The first kappa shape index (κ1) is 16.6. The molecule has 4 aliphatic rings. The SMILES string of the molecule is Cc1occc1-c1nnc(SC(C)C(=O)C23CC4CC(CC(C4)C2)C3)o1. The van der Waals surface area contributed by atoms with Gasteiger partial charge in [0.05, 0.1) is 17.1 Å². The van der Waals surface area contributed by atoms with Crippen LogP contribution in [0.25, 0.3) is 11.5 Å². The largest absolute Gasteiger partial charge is 0.469 e. The lowest BCUT2D eigenvalue weighted by Crippen LogP contribution is -2.51. The second-order valence-electron chi connectivity index (χ2n) is 8.59. The Bertz CT molecular complexity index is 804. The highest BCUT2D eigenvalue weighted by Gasteiger charge is 2.55. The zero-order valence-electron chi connectivity index (χ0n) is 15.2. The number of carbonyl (C=O) groups excluding carboxylic acids is 1. The lowest BCUT2D eigenvalue weighted by Gasteiger charge is -2.56. The molecule has 26 heavy (non-hydrogen) atoms. The average Bonchev–Trinajstić information content (AvgIpc) is 3.21. The lowest BCUT2D eigenvalue weighted by atomic mass is 9.48. The van der Waals surface area contributed by atoms with Crippen LogP contribution in [0, 0.1) is 30.1 Å². The molecule has 1 unspecified atom stereocenters. The Hall–Kier alpha value is -1.56. The van der Waals surface area contributed by atoms with E-state index >= 15 is 0 Å². The highest BCUT2D eigenvalue weighted by molar-refractivity contribution is 8.00. The van der Waals surface area contributed by atoms with Crippen LogP contribution in [-0.2, 0) is 4.79 Å². The highest BCUT2D eigenvalue weighted by Crippen LogP contribution is 2.61. The van der Waals surface area contributed by atoms with Gasteiger partial charge in [0.2, 0.25) is 0 Å². The summed E-state index contributed by atoms with van der Waals surface area (Å²) in [4.78, 5) is 13.4. The molecule has 1 atom stereocenters. The van der Waals surface area contributed by atoms with E-state index in [0.717, 1.165) is 48.3 Å². The van der Waals surface area contributed by atoms with Crippen molar-refractivity contribution in [2.75, 3.05) is 0 Å². The summed E-state index contributed by atoms with van der Waals surface area (Å²) in [5, 5.41) is 8.57. The van der Waals surface area contributed by atoms with E-state index in [-0.39, 0.29) is 10.7 Å².